The summed E-state index contributed by atoms with van der Waals surface area (Å²) in [5.74, 6) is -0.876. The third-order valence-electron chi connectivity index (χ3n) is 8.08. The number of hydrogen-bond acceptors (Lipinski definition) is 9. The smallest absolute Gasteiger partial charge is 0.243 e. The van der Waals surface area contributed by atoms with Gasteiger partial charge in [-0.15, -0.1) is 50.9 Å². The molecular weight excluding hydrogens is 966 g/mol. The Hall–Kier alpha value is -3.42. The highest BCUT2D eigenvalue weighted by Crippen LogP contribution is 1.98. The van der Waals surface area contributed by atoms with E-state index in [1.807, 2.05) is 0 Å². The van der Waals surface area contributed by atoms with Crippen molar-refractivity contribution in [2.24, 2.45) is 0 Å². The van der Waals surface area contributed by atoms with Crippen molar-refractivity contribution < 1.29 is 28.8 Å². The van der Waals surface area contributed by atoms with Crippen molar-refractivity contribution in [3.8, 4) is 0 Å². The second-order valence-corrected chi connectivity index (χ2v) is 13.6. The molecule has 0 spiro atoms. The third kappa shape index (κ3) is 48.9. The van der Waals surface area contributed by atoms with Gasteiger partial charge in [0.15, 0.2) is 0 Å². The van der Waals surface area contributed by atoms with Crippen LogP contribution in [0.25, 0.3) is 0 Å². The molecule has 0 aromatic carbocycles. The van der Waals surface area contributed by atoms with E-state index in [1.54, 1.807) is 0 Å². The van der Waals surface area contributed by atoms with E-state index in [4.69, 9.17) is 0 Å². The van der Waals surface area contributed by atoms with Gasteiger partial charge in [0, 0.05) is 75.5 Å². The molecule has 60 heavy (non-hydrogen) atoms. The summed E-state index contributed by atoms with van der Waals surface area (Å²) >= 11 is 0. The minimum absolute atomic E-state index is 0. The van der Waals surface area contributed by atoms with E-state index in [9.17, 15) is 28.8 Å². The summed E-state index contributed by atoms with van der Waals surface area (Å²) in [5, 5.41) is 26.6. The Morgan fingerprint density at radius 3 is 0.533 bits per heavy atom. The first-order valence-electron chi connectivity index (χ1n) is 19.7. The lowest BCUT2D eigenvalue weighted by Crippen LogP contribution is -2.39. The first-order chi connectivity index (χ1) is 27.0. The molecule has 9 N–H and O–H groups in total. The number of halogens is 3. The first-order valence-corrected chi connectivity index (χ1v) is 19.7. The van der Waals surface area contributed by atoms with Crippen LogP contribution in [-0.2, 0) is 28.8 Å². The molecule has 6 unspecified atom stereocenters. The second-order valence-electron chi connectivity index (χ2n) is 13.6. The zero-order valence-electron chi connectivity index (χ0n) is 36.8. The molecule has 0 rings (SSSR count). The van der Waals surface area contributed by atoms with E-state index >= 15 is 0 Å². The number of hydrogen-bond donors (Lipinski definition) is 9. The van der Waals surface area contributed by atoms with Gasteiger partial charge in [0.25, 0.3) is 0 Å². The summed E-state index contributed by atoms with van der Waals surface area (Å²) in [6.07, 6.45) is 12.7. The molecule has 0 bridgehead atoms. The maximum Gasteiger partial charge on any atom is 0.243 e. The summed E-state index contributed by atoms with van der Waals surface area (Å²) in [6, 6.07) is 1.81. The van der Waals surface area contributed by atoms with Crippen LogP contribution in [0, 0.1) is 0 Å². The Bertz CT molecular complexity index is 1020. The lowest BCUT2D eigenvalue weighted by atomic mass is 10.1. The lowest BCUT2D eigenvalue weighted by molar-refractivity contribution is -0.117. The van der Waals surface area contributed by atoms with Crippen LogP contribution in [0.2, 0.25) is 0 Å². The summed E-state index contributed by atoms with van der Waals surface area (Å²) in [6.45, 7) is 36.5. The van der Waals surface area contributed by atoms with Crippen molar-refractivity contribution in [2.75, 3.05) is 39.3 Å². The molecule has 0 heterocycles. The molecule has 0 radical (unpaired) electrons. The monoisotopic (exact) mass is 1040 g/mol. The van der Waals surface area contributed by atoms with Gasteiger partial charge in [-0.3, -0.25) is 28.8 Å². The molecule has 348 valence electrons. The van der Waals surface area contributed by atoms with E-state index in [2.05, 4.69) is 129 Å². The number of carbonyl (C=O) groups is 6. The molecular formula is C42H78Br3N9O6. The van der Waals surface area contributed by atoms with Crippen molar-refractivity contribution in [3.63, 3.8) is 0 Å². The number of amides is 6. The fourth-order valence-electron chi connectivity index (χ4n) is 4.86. The van der Waals surface area contributed by atoms with E-state index < -0.39 is 0 Å². The van der Waals surface area contributed by atoms with Gasteiger partial charge in [-0.25, -0.2) is 0 Å². The molecule has 0 saturated carbocycles. The number of nitrogens with one attached hydrogen (secondary N) is 9. The van der Waals surface area contributed by atoms with Crippen LogP contribution in [0.3, 0.4) is 0 Å². The quantitative estimate of drug-likeness (QED) is 0.0477. The normalized spacial score (nSPS) is 12.5. The van der Waals surface area contributed by atoms with Gasteiger partial charge in [-0.2, -0.15) is 0 Å². The fraction of sp³-hybridized carbons (Fsp3) is 0.571. The molecule has 6 atom stereocenters. The largest absolute Gasteiger partial charge is 0.353 e. The van der Waals surface area contributed by atoms with Gasteiger partial charge < -0.3 is 47.9 Å². The molecule has 0 aliphatic carbocycles. The SMILES string of the molecule is Br.Br.Br.C=CC(=O)NCCC(C)NC(C)CCNC(=O)C=C.C=CC(=O)NCCC(C)NC(C)CCNC(=O)C=C.C=CC(=O)NCCC(C)NC(C)CCNC(=O)C=C. The molecule has 0 fully saturated rings. The zero-order chi connectivity index (χ0) is 44.0. The Morgan fingerprint density at radius 2 is 0.433 bits per heavy atom. The topological polar surface area (TPSA) is 211 Å². The summed E-state index contributed by atoms with van der Waals surface area (Å²) in [4.78, 5) is 65.7. The van der Waals surface area contributed by atoms with Gasteiger partial charge in [0.2, 0.25) is 35.4 Å². The van der Waals surface area contributed by atoms with Crippen LogP contribution in [0.1, 0.15) is 80.1 Å². The van der Waals surface area contributed by atoms with Crippen LogP contribution >= 0.6 is 50.9 Å². The van der Waals surface area contributed by atoms with Gasteiger partial charge >= 0.3 is 0 Å². The molecule has 6 amide bonds. The van der Waals surface area contributed by atoms with Gasteiger partial charge in [-0.1, -0.05) is 39.5 Å². The third-order valence-corrected chi connectivity index (χ3v) is 8.08. The molecule has 0 aliphatic rings. The van der Waals surface area contributed by atoms with Crippen LogP contribution in [0.15, 0.2) is 75.9 Å². The Morgan fingerprint density at radius 1 is 0.317 bits per heavy atom. The van der Waals surface area contributed by atoms with E-state index in [1.165, 1.54) is 36.5 Å². The van der Waals surface area contributed by atoms with Crippen LogP contribution in [-0.4, -0.2) is 111 Å². The highest BCUT2D eigenvalue weighted by atomic mass is 79.9. The van der Waals surface area contributed by atoms with Crippen LogP contribution in [0.4, 0.5) is 0 Å². The number of carbonyl (C=O) groups excluding carboxylic acids is 6. The van der Waals surface area contributed by atoms with Crippen molar-refractivity contribution >= 4 is 86.4 Å². The summed E-state index contributed by atoms with van der Waals surface area (Å²) in [5.41, 5.74) is 0. The zero-order valence-corrected chi connectivity index (χ0v) is 42.0. The van der Waals surface area contributed by atoms with E-state index in [0.717, 1.165) is 38.5 Å². The Labute approximate surface area is 392 Å². The molecule has 0 saturated heterocycles. The standard InChI is InChI=1S/3C14H25N3O2.3BrH/c3*1-5-13(18)15-9-7-11(3)17-12(4)8-10-16-14(19)6-2;;;/h3*5-6,11-12,17H,1-2,7-10H2,3-4H3,(H,15,18)(H,16,19);3*1H. The van der Waals surface area contributed by atoms with Gasteiger partial charge in [0.1, 0.15) is 0 Å². The highest BCUT2D eigenvalue weighted by Gasteiger charge is 2.10. The highest BCUT2D eigenvalue weighted by molar-refractivity contribution is 8.93. The van der Waals surface area contributed by atoms with Crippen LogP contribution < -0.4 is 47.9 Å². The van der Waals surface area contributed by atoms with Crippen molar-refractivity contribution in [1.29, 1.82) is 0 Å². The van der Waals surface area contributed by atoms with Crippen molar-refractivity contribution in [1.82, 2.24) is 47.9 Å². The average molecular weight is 1040 g/mol. The first kappa shape index (κ1) is 68.3. The predicted molar refractivity (Wildman–Crippen MR) is 264 cm³/mol. The average Bonchev–Trinajstić information content (AvgIpc) is 3.17. The van der Waals surface area contributed by atoms with Crippen LogP contribution in [0.5, 0.6) is 0 Å². The maximum absolute atomic E-state index is 11.0. The minimum atomic E-state index is -0.146. The fourth-order valence-corrected chi connectivity index (χ4v) is 4.86. The van der Waals surface area contributed by atoms with Crippen molar-refractivity contribution in [3.05, 3.63) is 75.9 Å². The Kier molecular flexibility index (Phi) is 53.1. The summed E-state index contributed by atoms with van der Waals surface area (Å²) in [7, 11) is 0. The lowest BCUT2D eigenvalue weighted by Gasteiger charge is -2.20. The van der Waals surface area contributed by atoms with Gasteiger partial charge in [0.05, 0.1) is 0 Å². The molecule has 0 aliphatic heterocycles. The Balaban J connectivity index is -0.000000178. The number of rotatable bonds is 30. The van der Waals surface area contributed by atoms with Gasteiger partial charge in [-0.05, 0) is 117 Å². The second kappa shape index (κ2) is 46.6. The predicted octanol–water partition coefficient (Wildman–Crippen LogP) is 3.95. The van der Waals surface area contributed by atoms with E-state index in [-0.39, 0.29) is 86.4 Å². The summed E-state index contributed by atoms with van der Waals surface area (Å²) < 4.78 is 0. The minimum Gasteiger partial charge on any atom is -0.353 e. The van der Waals surface area contributed by atoms with E-state index in [0.29, 0.717) is 75.5 Å². The molecule has 0 aromatic heterocycles. The molecule has 18 heteroatoms. The van der Waals surface area contributed by atoms with Crippen molar-refractivity contribution in [2.45, 2.75) is 116 Å². The molecule has 0 aromatic rings. The molecule has 15 nitrogen and oxygen atoms in total. The maximum atomic E-state index is 11.0.